The van der Waals surface area contributed by atoms with Gasteiger partial charge in [-0.2, -0.15) is 0 Å². The van der Waals surface area contributed by atoms with Crippen LogP contribution in [0.15, 0.2) is 30.3 Å². The Morgan fingerprint density at radius 3 is 2.27 bits per heavy atom. The summed E-state index contributed by atoms with van der Waals surface area (Å²) in [7, 11) is 0. The van der Waals surface area contributed by atoms with Gasteiger partial charge in [0.15, 0.2) is 5.60 Å². The highest BCUT2D eigenvalue weighted by atomic mass is 16.6. The maximum Gasteiger partial charge on any atom is 0.262 e. The molecule has 0 bridgehead atoms. The highest BCUT2D eigenvalue weighted by Crippen LogP contribution is 2.51. The minimum absolute atomic E-state index is 0.208. The number of benzene rings is 1. The molecule has 3 rings (SSSR count). The number of hydrogen-bond donors (Lipinski definition) is 2. The van der Waals surface area contributed by atoms with Crippen molar-refractivity contribution in [3.8, 4) is 0 Å². The van der Waals surface area contributed by atoms with Crippen LogP contribution in [0.1, 0.15) is 48.0 Å². The van der Waals surface area contributed by atoms with Crippen molar-refractivity contribution in [3.63, 3.8) is 0 Å². The van der Waals surface area contributed by atoms with Crippen molar-refractivity contribution in [1.82, 2.24) is 5.32 Å². The minimum atomic E-state index is -1.30. The van der Waals surface area contributed by atoms with E-state index in [-0.39, 0.29) is 5.91 Å². The molecule has 142 valence electrons. The topological polar surface area (TPSA) is 84.7 Å². The molecule has 3 N–H and O–H groups in total. The van der Waals surface area contributed by atoms with Crippen LogP contribution in [0.25, 0.3) is 0 Å². The molecule has 26 heavy (non-hydrogen) atoms. The van der Waals surface area contributed by atoms with E-state index in [0.717, 1.165) is 5.69 Å². The molecular formula is C20H29N3O3. The Labute approximate surface area is 155 Å². The van der Waals surface area contributed by atoms with Gasteiger partial charge in [0.05, 0.1) is 5.92 Å². The highest BCUT2D eigenvalue weighted by Gasteiger charge is 2.69. The Balaban J connectivity index is 2.18. The highest BCUT2D eigenvalue weighted by molar-refractivity contribution is 6.06. The molecule has 2 aliphatic heterocycles. The molecule has 2 heterocycles. The molecule has 6 heteroatoms. The molecule has 0 saturated carbocycles. The van der Waals surface area contributed by atoms with Crippen molar-refractivity contribution >= 4 is 17.5 Å². The summed E-state index contributed by atoms with van der Waals surface area (Å²) in [6.07, 6.45) is 0.364. The average Bonchev–Trinajstić information content (AvgIpc) is 2.61. The smallest absolute Gasteiger partial charge is 0.262 e. The molecule has 0 aliphatic carbocycles. The number of nitrogens with two attached hydrogens (primary N) is 1. The van der Waals surface area contributed by atoms with Crippen LogP contribution < -0.4 is 16.0 Å². The Kier molecular flexibility index (Phi) is 4.02. The summed E-state index contributed by atoms with van der Waals surface area (Å²) >= 11 is 0. The normalized spacial score (nSPS) is 32.0. The number of amides is 2. The van der Waals surface area contributed by atoms with Crippen LogP contribution in [0.5, 0.6) is 0 Å². The van der Waals surface area contributed by atoms with E-state index >= 15 is 0 Å². The Morgan fingerprint density at radius 1 is 1.15 bits per heavy atom. The summed E-state index contributed by atoms with van der Waals surface area (Å²) in [5, 5.41) is 3.47. The van der Waals surface area contributed by atoms with Gasteiger partial charge in [-0.3, -0.25) is 14.5 Å². The third kappa shape index (κ3) is 2.72. The van der Waals surface area contributed by atoms with E-state index in [1.807, 2.05) is 71.9 Å². The molecule has 1 aromatic carbocycles. The molecule has 2 unspecified atom stereocenters. The molecule has 2 aliphatic rings. The Morgan fingerprint density at radius 2 is 1.73 bits per heavy atom. The van der Waals surface area contributed by atoms with Crippen LogP contribution in [0.3, 0.4) is 0 Å². The van der Waals surface area contributed by atoms with Gasteiger partial charge >= 0.3 is 0 Å². The number of para-hydroxylation sites is 1. The summed E-state index contributed by atoms with van der Waals surface area (Å²) in [4.78, 5) is 27.9. The lowest BCUT2D eigenvalue weighted by atomic mass is 9.64. The number of carbonyl (C=O) groups excluding carboxylic acids is 2. The van der Waals surface area contributed by atoms with E-state index in [9.17, 15) is 9.59 Å². The molecule has 2 saturated heterocycles. The predicted octanol–water partition coefficient (Wildman–Crippen LogP) is 2.18. The van der Waals surface area contributed by atoms with Gasteiger partial charge in [0.25, 0.3) is 5.91 Å². The lowest BCUT2D eigenvalue weighted by Gasteiger charge is -2.54. The van der Waals surface area contributed by atoms with E-state index in [4.69, 9.17) is 10.5 Å². The van der Waals surface area contributed by atoms with Gasteiger partial charge in [0.1, 0.15) is 5.72 Å². The van der Waals surface area contributed by atoms with Gasteiger partial charge in [0, 0.05) is 23.2 Å². The number of hydrogen-bond acceptors (Lipinski definition) is 4. The first-order chi connectivity index (χ1) is 11.8. The fourth-order valence-corrected chi connectivity index (χ4v) is 5.18. The van der Waals surface area contributed by atoms with Gasteiger partial charge in [-0.05, 0) is 53.7 Å². The lowest BCUT2D eigenvalue weighted by Crippen LogP contribution is -2.74. The second kappa shape index (κ2) is 5.54. The largest absolute Gasteiger partial charge is 0.369 e. The summed E-state index contributed by atoms with van der Waals surface area (Å²) in [6, 6.07) is 9.41. The van der Waals surface area contributed by atoms with Crippen molar-refractivity contribution in [2.75, 3.05) is 4.90 Å². The zero-order valence-corrected chi connectivity index (χ0v) is 16.4. The zero-order chi connectivity index (χ0) is 19.5. The summed E-state index contributed by atoms with van der Waals surface area (Å²) in [6.45, 7) is 11.5. The summed E-state index contributed by atoms with van der Waals surface area (Å²) in [5.41, 5.74) is 3.26. The number of rotatable bonds is 2. The van der Waals surface area contributed by atoms with Crippen molar-refractivity contribution in [3.05, 3.63) is 30.3 Å². The summed E-state index contributed by atoms with van der Waals surface area (Å²) < 4.78 is 6.44. The van der Waals surface area contributed by atoms with Crippen LogP contribution in [0, 0.1) is 5.92 Å². The first-order valence-electron chi connectivity index (χ1n) is 9.01. The van der Waals surface area contributed by atoms with Crippen LogP contribution in [0.2, 0.25) is 0 Å². The second-order valence-electron chi connectivity index (χ2n) is 9.16. The van der Waals surface area contributed by atoms with Gasteiger partial charge in [0.2, 0.25) is 5.91 Å². The average molecular weight is 359 g/mol. The number of ether oxygens (including phenoxy) is 1. The first-order valence-corrected chi connectivity index (χ1v) is 9.01. The Hall–Kier alpha value is -1.92. The number of primary amides is 1. The predicted molar refractivity (Wildman–Crippen MR) is 100 cm³/mol. The number of carbonyl (C=O) groups is 2. The minimum Gasteiger partial charge on any atom is -0.369 e. The van der Waals surface area contributed by atoms with Gasteiger partial charge in [-0.25, -0.2) is 0 Å². The molecule has 0 radical (unpaired) electrons. The number of nitrogens with one attached hydrogen (secondary N) is 1. The van der Waals surface area contributed by atoms with Crippen LogP contribution in [0.4, 0.5) is 5.69 Å². The van der Waals surface area contributed by atoms with Crippen molar-refractivity contribution in [2.24, 2.45) is 11.7 Å². The van der Waals surface area contributed by atoms with E-state index < -0.39 is 34.2 Å². The standard InChI is InChI=1S/C20H29N3O3/c1-17(2)12-20(14(15(21)24)18(3,4)22-17)16(25)23(19(5,6)26-20)13-10-8-7-9-11-13/h7-11,14,22H,12H2,1-6H3,(H2,21,24). The zero-order valence-electron chi connectivity index (χ0n) is 16.4. The quantitative estimate of drug-likeness (QED) is 0.848. The van der Waals surface area contributed by atoms with Crippen molar-refractivity contribution in [1.29, 1.82) is 0 Å². The molecular weight excluding hydrogens is 330 g/mol. The SMILES string of the molecule is CC1(C)CC2(OC(C)(C)N(c3ccccc3)C2=O)C(C(N)=O)C(C)(C)N1. The number of nitrogens with zero attached hydrogens (tertiary/aromatic N) is 1. The van der Waals surface area contributed by atoms with Gasteiger partial charge in [-0.15, -0.1) is 0 Å². The van der Waals surface area contributed by atoms with Gasteiger partial charge < -0.3 is 15.8 Å². The second-order valence-corrected chi connectivity index (χ2v) is 9.16. The maximum absolute atomic E-state index is 13.8. The molecule has 2 amide bonds. The van der Waals surface area contributed by atoms with E-state index in [2.05, 4.69) is 5.32 Å². The molecule has 2 atom stereocenters. The van der Waals surface area contributed by atoms with Crippen molar-refractivity contribution < 1.29 is 14.3 Å². The molecule has 1 aromatic rings. The van der Waals surface area contributed by atoms with Gasteiger partial charge in [-0.1, -0.05) is 18.2 Å². The number of piperidine rings is 1. The number of anilines is 1. The first kappa shape index (κ1) is 18.9. The van der Waals surface area contributed by atoms with Crippen LogP contribution in [-0.4, -0.2) is 34.2 Å². The molecule has 0 aromatic heterocycles. The van der Waals surface area contributed by atoms with E-state index in [1.54, 1.807) is 4.90 Å². The summed E-state index contributed by atoms with van der Waals surface area (Å²) in [5.74, 6) is -1.53. The fraction of sp³-hybridized carbons (Fsp3) is 0.600. The lowest BCUT2D eigenvalue weighted by molar-refractivity contribution is -0.181. The molecule has 1 spiro atoms. The Bertz CT molecular complexity index is 742. The monoisotopic (exact) mass is 359 g/mol. The fourth-order valence-electron chi connectivity index (χ4n) is 5.18. The molecule has 6 nitrogen and oxygen atoms in total. The maximum atomic E-state index is 13.8. The third-order valence-electron chi connectivity index (χ3n) is 5.39. The van der Waals surface area contributed by atoms with Crippen LogP contribution in [-0.2, 0) is 14.3 Å². The third-order valence-corrected chi connectivity index (χ3v) is 5.39. The van der Waals surface area contributed by atoms with E-state index in [0.29, 0.717) is 6.42 Å². The van der Waals surface area contributed by atoms with E-state index in [1.165, 1.54) is 0 Å². The molecule has 2 fully saturated rings. The van der Waals surface area contributed by atoms with Crippen LogP contribution >= 0.6 is 0 Å². The van der Waals surface area contributed by atoms with Crippen molar-refractivity contribution in [2.45, 2.75) is 70.4 Å².